The molecule has 0 aliphatic carbocycles. The maximum Gasteiger partial charge on any atom is 0.219 e. The van der Waals surface area contributed by atoms with Gasteiger partial charge >= 0.3 is 0 Å². The van der Waals surface area contributed by atoms with Gasteiger partial charge in [-0.2, -0.15) is 0 Å². The molecule has 0 fully saturated rings. The highest BCUT2D eigenvalue weighted by Gasteiger charge is 1.93. The van der Waals surface area contributed by atoms with Gasteiger partial charge in [0.15, 0.2) is 0 Å². The van der Waals surface area contributed by atoms with Gasteiger partial charge in [0.05, 0.1) is 0 Å². The molecule has 0 saturated heterocycles. The summed E-state index contributed by atoms with van der Waals surface area (Å²) < 4.78 is 0. The maximum absolute atomic E-state index is 10.2. The van der Waals surface area contributed by atoms with Crippen LogP contribution >= 0.6 is 11.6 Å². The van der Waals surface area contributed by atoms with Crippen molar-refractivity contribution in [1.29, 1.82) is 0 Å². The van der Waals surface area contributed by atoms with Crippen LogP contribution in [-0.2, 0) is 9.59 Å². The molecule has 0 heterocycles. The molecule has 0 bridgehead atoms. The van der Waals surface area contributed by atoms with E-state index in [1.165, 1.54) is 6.92 Å². The number of carbonyl (C=O) groups is 2. The standard InChI is InChI=1S/C6H5Cl.C5H10N2O2/c7-6-4-2-1-3-5-6;1-4(8)7-3-2-5(6)9/h1-5H;2-3H2,1H3,(H2,6,9)(H,7,8). The van der Waals surface area contributed by atoms with E-state index in [2.05, 4.69) is 5.32 Å². The van der Waals surface area contributed by atoms with Crippen LogP contribution < -0.4 is 11.1 Å². The number of hydrogen-bond acceptors (Lipinski definition) is 2. The molecule has 0 aromatic heterocycles. The molecule has 2 amide bonds. The first-order chi connectivity index (χ1) is 7.52. The van der Waals surface area contributed by atoms with E-state index in [-0.39, 0.29) is 12.3 Å². The minimum atomic E-state index is -0.399. The molecule has 16 heavy (non-hydrogen) atoms. The number of amides is 2. The van der Waals surface area contributed by atoms with Crippen molar-refractivity contribution >= 4 is 23.4 Å². The molecular formula is C11H15ClN2O2. The number of nitrogens with two attached hydrogens (primary N) is 1. The molecule has 88 valence electrons. The Kier molecular flexibility index (Phi) is 7.89. The first kappa shape index (κ1) is 14.5. The lowest BCUT2D eigenvalue weighted by molar-refractivity contribution is -0.119. The summed E-state index contributed by atoms with van der Waals surface area (Å²) in [4.78, 5) is 20.2. The van der Waals surface area contributed by atoms with E-state index in [0.29, 0.717) is 6.54 Å². The molecular weight excluding hydrogens is 228 g/mol. The van der Waals surface area contributed by atoms with Gasteiger partial charge in [0.1, 0.15) is 0 Å². The van der Waals surface area contributed by atoms with Gasteiger partial charge in [0.25, 0.3) is 0 Å². The summed E-state index contributed by atoms with van der Waals surface area (Å²) in [6, 6.07) is 9.44. The van der Waals surface area contributed by atoms with Crippen molar-refractivity contribution in [3.8, 4) is 0 Å². The Morgan fingerprint density at radius 2 is 1.88 bits per heavy atom. The van der Waals surface area contributed by atoms with Gasteiger partial charge in [-0.15, -0.1) is 0 Å². The Hall–Kier alpha value is -1.55. The molecule has 4 nitrogen and oxygen atoms in total. The highest BCUT2D eigenvalue weighted by Crippen LogP contribution is 2.03. The van der Waals surface area contributed by atoms with Gasteiger partial charge in [0.2, 0.25) is 11.8 Å². The SMILES string of the molecule is CC(=O)NCCC(N)=O.Clc1ccccc1. The summed E-state index contributed by atoms with van der Waals surface area (Å²) in [5.74, 6) is -0.542. The second-order valence-corrected chi connectivity index (χ2v) is 3.43. The monoisotopic (exact) mass is 242 g/mol. The number of benzene rings is 1. The van der Waals surface area contributed by atoms with E-state index in [1.54, 1.807) is 0 Å². The van der Waals surface area contributed by atoms with Crippen LogP contribution in [0.25, 0.3) is 0 Å². The minimum absolute atomic E-state index is 0.142. The quantitative estimate of drug-likeness (QED) is 0.840. The van der Waals surface area contributed by atoms with Crippen LogP contribution in [0, 0.1) is 0 Å². The number of primary amides is 1. The fourth-order valence-electron chi connectivity index (χ4n) is 0.776. The van der Waals surface area contributed by atoms with E-state index in [1.807, 2.05) is 30.3 Å². The molecule has 0 aliphatic heterocycles. The number of hydrogen-bond donors (Lipinski definition) is 2. The third-order valence-electron chi connectivity index (χ3n) is 1.48. The lowest BCUT2D eigenvalue weighted by Gasteiger charge is -1.96. The summed E-state index contributed by atoms with van der Waals surface area (Å²) in [6.07, 6.45) is 0.208. The summed E-state index contributed by atoms with van der Waals surface area (Å²) in [7, 11) is 0. The zero-order chi connectivity index (χ0) is 12.4. The van der Waals surface area contributed by atoms with Crippen LogP contribution in [0.4, 0.5) is 0 Å². The van der Waals surface area contributed by atoms with Crippen LogP contribution in [0.15, 0.2) is 30.3 Å². The predicted octanol–water partition coefficient (Wildman–Crippen LogP) is 1.34. The Bertz CT molecular complexity index is 314. The molecule has 1 rings (SSSR count). The number of carbonyl (C=O) groups excluding carboxylic acids is 2. The Labute approximate surface area is 99.8 Å². The largest absolute Gasteiger partial charge is 0.370 e. The van der Waals surface area contributed by atoms with Crippen molar-refractivity contribution in [2.75, 3.05) is 6.54 Å². The average molecular weight is 243 g/mol. The summed E-state index contributed by atoms with van der Waals surface area (Å²) in [5.41, 5.74) is 4.79. The van der Waals surface area contributed by atoms with Crippen LogP contribution in [0.1, 0.15) is 13.3 Å². The molecule has 0 radical (unpaired) electrons. The van der Waals surface area contributed by atoms with Crippen molar-refractivity contribution in [2.24, 2.45) is 5.73 Å². The first-order valence-corrected chi connectivity index (χ1v) is 5.13. The number of rotatable bonds is 3. The third kappa shape index (κ3) is 10.5. The number of nitrogens with one attached hydrogen (secondary N) is 1. The normalized spacial score (nSPS) is 8.62. The molecule has 0 saturated carbocycles. The minimum Gasteiger partial charge on any atom is -0.370 e. The fraction of sp³-hybridized carbons (Fsp3) is 0.273. The van der Waals surface area contributed by atoms with Gasteiger partial charge in [-0.3, -0.25) is 9.59 Å². The van der Waals surface area contributed by atoms with Gasteiger partial charge in [-0.25, -0.2) is 0 Å². The smallest absolute Gasteiger partial charge is 0.219 e. The fourth-order valence-corrected chi connectivity index (χ4v) is 0.922. The topological polar surface area (TPSA) is 72.2 Å². The second-order valence-electron chi connectivity index (χ2n) is 2.99. The van der Waals surface area contributed by atoms with E-state index < -0.39 is 5.91 Å². The van der Waals surface area contributed by atoms with Crippen LogP contribution in [0.3, 0.4) is 0 Å². The van der Waals surface area contributed by atoms with E-state index in [0.717, 1.165) is 5.02 Å². The lowest BCUT2D eigenvalue weighted by Crippen LogP contribution is -2.25. The Morgan fingerprint density at radius 3 is 2.19 bits per heavy atom. The van der Waals surface area contributed by atoms with Gasteiger partial charge in [-0.05, 0) is 12.1 Å². The zero-order valence-corrected chi connectivity index (χ0v) is 9.83. The van der Waals surface area contributed by atoms with E-state index >= 15 is 0 Å². The van der Waals surface area contributed by atoms with Crippen LogP contribution in [0.5, 0.6) is 0 Å². The van der Waals surface area contributed by atoms with Crippen molar-refractivity contribution in [3.05, 3.63) is 35.4 Å². The van der Waals surface area contributed by atoms with E-state index in [9.17, 15) is 9.59 Å². The summed E-state index contributed by atoms with van der Waals surface area (Å²) in [5, 5.41) is 3.23. The van der Waals surface area contributed by atoms with Crippen molar-refractivity contribution in [2.45, 2.75) is 13.3 Å². The molecule has 0 unspecified atom stereocenters. The molecule has 0 aliphatic rings. The zero-order valence-electron chi connectivity index (χ0n) is 9.07. The van der Waals surface area contributed by atoms with Crippen molar-refractivity contribution in [1.82, 2.24) is 5.32 Å². The molecule has 1 aromatic rings. The van der Waals surface area contributed by atoms with Crippen molar-refractivity contribution < 1.29 is 9.59 Å². The van der Waals surface area contributed by atoms with Crippen LogP contribution in [0.2, 0.25) is 5.02 Å². The van der Waals surface area contributed by atoms with Crippen molar-refractivity contribution in [3.63, 3.8) is 0 Å². The molecule has 0 spiro atoms. The van der Waals surface area contributed by atoms with E-state index in [4.69, 9.17) is 17.3 Å². The van der Waals surface area contributed by atoms with Gasteiger partial charge in [-0.1, -0.05) is 29.8 Å². The maximum atomic E-state index is 10.2. The third-order valence-corrected chi connectivity index (χ3v) is 1.73. The Balaban J connectivity index is 0.000000288. The number of halogens is 1. The van der Waals surface area contributed by atoms with Gasteiger partial charge < -0.3 is 11.1 Å². The highest BCUT2D eigenvalue weighted by molar-refractivity contribution is 6.30. The molecule has 3 N–H and O–H groups in total. The highest BCUT2D eigenvalue weighted by atomic mass is 35.5. The average Bonchev–Trinajstić information content (AvgIpc) is 2.18. The second kappa shape index (κ2) is 8.73. The van der Waals surface area contributed by atoms with Crippen LogP contribution in [-0.4, -0.2) is 18.4 Å². The first-order valence-electron chi connectivity index (χ1n) is 4.75. The van der Waals surface area contributed by atoms with Gasteiger partial charge in [0, 0.05) is 24.9 Å². The Morgan fingerprint density at radius 1 is 1.31 bits per heavy atom. The molecule has 0 atom stereocenters. The summed E-state index contributed by atoms with van der Waals surface area (Å²) >= 11 is 5.54. The predicted molar refractivity (Wildman–Crippen MR) is 63.9 cm³/mol. The summed E-state index contributed by atoms with van der Waals surface area (Å²) in [6.45, 7) is 1.73. The molecule has 1 aromatic carbocycles. The molecule has 5 heteroatoms. The lowest BCUT2D eigenvalue weighted by atomic mass is 10.4.